The van der Waals surface area contributed by atoms with E-state index in [1.807, 2.05) is 29.2 Å². The van der Waals surface area contributed by atoms with Crippen LogP contribution >= 0.6 is 0 Å². The number of nitrogens with one attached hydrogen (secondary N) is 1. The van der Waals surface area contributed by atoms with E-state index in [1.54, 1.807) is 0 Å². The molecule has 19 heavy (non-hydrogen) atoms. The molecule has 1 aromatic rings. The van der Waals surface area contributed by atoms with Crippen LogP contribution in [0.25, 0.3) is 0 Å². The molecule has 102 valence electrons. The molecule has 4 nitrogen and oxygen atoms in total. The molecule has 2 unspecified atom stereocenters. The van der Waals surface area contributed by atoms with E-state index in [0.717, 1.165) is 25.2 Å². The van der Waals surface area contributed by atoms with E-state index in [4.69, 9.17) is 4.74 Å². The summed E-state index contributed by atoms with van der Waals surface area (Å²) in [4.78, 5) is 13.9. The minimum Gasteiger partial charge on any atom is -0.366 e. The number of carbonyl (C=O) groups is 1. The van der Waals surface area contributed by atoms with Crippen LogP contribution in [0.3, 0.4) is 0 Å². The molecule has 3 rings (SSSR count). The molecule has 1 amide bonds. The van der Waals surface area contributed by atoms with Crippen LogP contribution in [-0.4, -0.2) is 38.3 Å². The first-order valence-corrected chi connectivity index (χ1v) is 6.93. The molecule has 2 saturated heterocycles. The highest BCUT2D eigenvalue weighted by Crippen LogP contribution is 2.24. The van der Waals surface area contributed by atoms with E-state index in [-0.39, 0.29) is 18.6 Å². The molecular weight excluding hydrogens is 240 g/mol. The lowest BCUT2D eigenvalue weighted by molar-refractivity contribution is -0.131. The molecular formula is C15H20N2O2. The Morgan fingerprint density at radius 1 is 1.32 bits per heavy atom. The second-order valence-electron chi connectivity index (χ2n) is 5.44. The minimum atomic E-state index is 0.0612. The molecule has 1 N–H and O–H groups in total. The Morgan fingerprint density at radius 2 is 2.11 bits per heavy atom. The van der Waals surface area contributed by atoms with Gasteiger partial charge in [-0.05, 0) is 32.0 Å². The fraction of sp³-hybridized carbons (Fsp3) is 0.533. The molecule has 0 aromatic heterocycles. The predicted octanol–water partition coefficient (Wildman–Crippen LogP) is 1.34. The summed E-state index contributed by atoms with van der Waals surface area (Å²) < 4.78 is 5.72. The van der Waals surface area contributed by atoms with E-state index in [2.05, 4.69) is 12.2 Å². The van der Waals surface area contributed by atoms with Crippen molar-refractivity contribution in [2.24, 2.45) is 5.92 Å². The zero-order valence-electron chi connectivity index (χ0n) is 11.3. The number of nitrogens with zero attached hydrogens (tertiary/aromatic N) is 1. The SMILES string of the molecule is Cc1ccc(N2CC(C3CCNC3)OCC2=O)cc1. The molecule has 2 fully saturated rings. The first-order chi connectivity index (χ1) is 9.24. The second-order valence-corrected chi connectivity index (χ2v) is 5.44. The van der Waals surface area contributed by atoms with E-state index in [9.17, 15) is 4.79 Å². The number of carbonyl (C=O) groups excluding carboxylic acids is 1. The summed E-state index contributed by atoms with van der Waals surface area (Å²) in [5, 5.41) is 3.36. The third-order valence-corrected chi connectivity index (χ3v) is 4.05. The lowest BCUT2D eigenvalue weighted by Gasteiger charge is -2.35. The smallest absolute Gasteiger partial charge is 0.253 e. The van der Waals surface area contributed by atoms with E-state index in [1.165, 1.54) is 5.56 Å². The summed E-state index contributed by atoms with van der Waals surface area (Å²) in [6, 6.07) is 8.12. The molecule has 0 aliphatic carbocycles. The van der Waals surface area contributed by atoms with Gasteiger partial charge in [-0.15, -0.1) is 0 Å². The van der Waals surface area contributed by atoms with Crippen molar-refractivity contribution in [1.82, 2.24) is 5.32 Å². The molecule has 2 heterocycles. The van der Waals surface area contributed by atoms with Crippen LogP contribution in [0.1, 0.15) is 12.0 Å². The Kier molecular flexibility index (Phi) is 3.53. The number of rotatable bonds is 2. The van der Waals surface area contributed by atoms with Gasteiger partial charge in [0.2, 0.25) is 0 Å². The van der Waals surface area contributed by atoms with Crippen molar-refractivity contribution in [1.29, 1.82) is 0 Å². The molecule has 4 heteroatoms. The van der Waals surface area contributed by atoms with E-state index < -0.39 is 0 Å². The summed E-state index contributed by atoms with van der Waals surface area (Å²) in [7, 11) is 0. The van der Waals surface area contributed by atoms with Crippen molar-refractivity contribution < 1.29 is 9.53 Å². The zero-order valence-corrected chi connectivity index (χ0v) is 11.3. The number of aryl methyl sites for hydroxylation is 1. The molecule has 2 aliphatic heterocycles. The Labute approximate surface area is 113 Å². The highest BCUT2D eigenvalue weighted by molar-refractivity contribution is 5.95. The topological polar surface area (TPSA) is 41.6 Å². The average molecular weight is 260 g/mol. The Bertz CT molecular complexity index is 452. The van der Waals surface area contributed by atoms with Crippen molar-refractivity contribution >= 4 is 11.6 Å². The van der Waals surface area contributed by atoms with E-state index in [0.29, 0.717) is 12.5 Å². The first kappa shape index (κ1) is 12.6. The maximum Gasteiger partial charge on any atom is 0.253 e. The molecule has 0 spiro atoms. The molecule has 2 atom stereocenters. The number of amides is 1. The lowest BCUT2D eigenvalue weighted by atomic mass is 9.99. The average Bonchev–Trinajstić information content (AvgIpc) is 2.94. The largest absolute Gasteiger partial charge is 0.366 e. The third kappa shape index (κ3) is 2.65. The zero-order chi connectivity index (χ0) is 13.2. The molecule has 2 aliphatic rings. The monoisotopic (exact) mass is 260 g/mol. The number of hydrogen-bond donors (Lipinski definition) is 1. The molecule has 1 aromatic carbocycles. The van der Waals surface area contributed by atoms with Gasteiger partial charge in [0.25, 0.3) is 5.91 Å². The van der Waals surface area contributed by atoms with Crippen LogP contribution in [0, 0.1) is 12.8 Å². The van der Waals surface area contributed by atoms with Crippen molar-refractivity contribution in [3.63, 3.8) is 0 Å². The Hall–Kier alpha value is -1.39. The van der Waals surface area contributed by atoms with Gasteiger partial charge in [-0.25, -0.2) is 0 Å². The number of ether oxygens (including phenoxy) is 1. The second kappa shape index (κ2) is 5.31. The van der Waals surface area contributed by atoms with Crippen molar-refractivity contribution in [3.05, 3.63) is 29.8 Å². The van der Waals surface area contributed by atoms with Crippen molar-refractivity contribution in [3.8, 4) is 0 Å². The van der Waals surface area contributed by atoms with Gasteiger partial charge < -0.3 is 15.0 Å². The normalized spacial score (nSPS) is 27.8. The Morgan fingerprint density at radius 3 is 2.79 bits per heavy atom. The summed E-state index contributed by atoms with van der Waals surface area (Å²) >= 11 is 0. The highest BCUT2D eigenvalue weighted by Gasteiger charge is 2.33. The van der Waals surface area contributed by atoms with Crippen LogP contribution in [0.4, 0.5) is 5.69 Å². The summed E-state index contributed by atoms with van der Waals surface area (Å²) in [5.41, 5.74) is 2.19. The van der Waals surface area contributed by atoms with Gasteiger partial charge in [-0.2, -0.15) is 0 Å². The highest BCUT2D eigenvalue weighted by atomic mass is 16.5. The van der Waals surface area contributed by atoms with Gasteiger partial charge in [0.1, 0.15) is 6.61 Å². The standard InChI is InChI=1S/C15H20N2O2/c1-11-2-4-13(5-3-11)17-9-14(19-10-15(17)18)12-6-7-16-8-12/h2-5,12,14,16H,6-10H2,1H3. The minimum absolute atomic E-state index is 0.0612. The summed E-state index contributed by atoms with van der Waals surface area (Å²) in [5.74, 6) is 0.590. The maximum absolute atomic E-state index is 12.0. The quantitative estimate of drug-likeness (QED) is 0.872. The van der Waals surface area contributed by atoms with Gasteiger partial charge in [-0.1, -0.05) is 17.7 Å². The van der Waals surface area contributed by atoms with Crippen LogP contribution in [0.15, 0.2) is 24.3 Å². The van der Waals surface area contributed by atoms with Crippen LogP contribution < -0.4 is 10.2 Å². The summed E-state index contributed by atoms with van der Waals surface area (Å²) in [6.45, 7) is 4.99. The van der Waals surface area contributed by atoms with Gasteiger partial charge in [0.15, 0.2) is 0 Å². The fourth-order valence-electron chi connectivity index (χ4n) is 2.84. The molecule has 0 saturated carbocycles. The third-order valence-electron chi connectivity index (χ3n) is 4.05. The summed E-state index contributed by atoms with van der Waals surface area (Å²) in [6.07, 6.45) is 1.30. The lowest BCUT2D eigenvalue weighted by Crippen LogP contribution is -2.49. The maximum atomic E-state index is 12.0. The van der Waals surface area contributed by atoms with Crippen LogP contribution in [0.5, 0.6) is 0 Å². The molecule has 0 bridgehead atoms. The first-order valence-electron chi connectivity index (χ1n) is 6.93. The molecule has 0 radical (unpaired) electrons. The van der Waals surface area contributed by atoms with Gasteiger partial charge >= 0.3 is 0 Å². The Balaban J connectivity index is 1.75. The number of hydrogen-bond acceptors (Lipinski definition) is 3. The van der Waals surface area contributed by atoms with Crippen LogP contribution in [0.2, 0.25) is 0 Å². The number of morpholine rings is 1. The number of benzene rings is 1. The van der Waals surface area contributed by atoms with Crippen LogP contribution in [-0.2, 0) is 9.53 Å². The number of anilines is 1. The predicted molar refractivity (Wildman–Crippen MR) is 74.2 cm³/mol. The van der Waals surface area contributed by atoms with Gasteiger partial charge in [-0.3, -0.25) is 4.79 Å². The fourth-order valence-corrected chi connectivity index (χ4v) is 2.84. The van der Waals surface area contributed by atoms with Gasteiger partial charge in [0.05, 0.1) is 12.6 Å². The van der Waals surface area contributed by atoms with Crippen molar-refractivity contribution in [2.75, 3.05) is 31.1 Å². The van der Waals surface area contributed by atoms with Crippen molar-refractivity contribution in [2.45, 2.75) is 19.4 Å². The van der Waals surface area contributed by atoms with E-state index >= 15 is 0 Å². The van der Waals surface area contributed by atoms with Gasteiger partial charge in [0, 0.05) is 18.2 Å².